The second-order valence-electron chi connectivity index (χ2n) is 6.51. The van der Waals surface area contributed by atoms with Gasteiger partial charge in [-0.3, -0.25) is 14.3 Å². The van der Waals surface area contributed by atoms with Crippen molar-refractivity contribution in [3.63, 3.8) is 0 Å². The Balaban J connectivity index is 1.93. The second kappa shape index (κ2) is 7.90. The standard InChI is InChI=1S/C20H22ClN5O2/c1-5-18(27)23-14-8-9-16(21)17(10-14)24-19(28)15-11-22-25(4)20(15)26-12(2)6-7-13(26)3/h6-11H,5H2,1-4H3,(H,23,27)(H,24,28). The Morgan fingerprint density at radius 3 is 2.43 bits per heavy atom. The number of aryl methyl sites for hydroxylation is 3. The first-order chi connectivity index (χ1) is 13.3. The lowest BCUT2D eigenvalue weighted by atomic mass is 10.2. The van der Waals surface area contributed by atoms with Crippen LogP contribution in [0, 0.1) is 13.8 Å². The van der Waals surface area contributed by atoms with Crippen LogP contribution in [0.4, 0.5) is 11.4 Å². The van der Waals surface area contributed by atoms with Crippen LogP contribution in [0.25, 0.3) is 5.82 Å². The maximum Gasteiger partial charge on any atom is 0.261 e. The zero-order chi connectivity index (χ0) is 20.4. The van der Waals surface area contributed by atoms with Crippen molar-refractivity contribution in [3.05, 3.63) is 58.5 Å². The van der Waals surface area contributed by atoms with E-state index in [1.807, 2.05) is 30.5 Å². The molecule has 2 N–H and O–H groups in total. The van der Waals surface area contributed by atoms with Crippen LogP contribution in [0.2, 0.25) is 5.02 Å². The van der Waals surface area contributed by atoms with Gasteiger partial charge >= 0.3 is 0 Å². The van der Waals surface area contributed by atoms with Gasteiger partial charge in [-0.25, -0.2) is 0 Å². The molecule has 28 heavy (non-hydrogen) atoms. The SMILES string of the molecule is CCC(=O)Nc1ccc(Cl)c(NC(=O)c2cnn(C)c2-n2c(C)ccc2C)c1. The number of aromatic nitrogens is 3. The number of benzene rings is 1. The molecule has 2 heterocycles. The van der Waals surface area contributed by atoms with Crippen LogP contribution in [0.15, 0.2) is 36.5 Å². The Morgan fingerprint density at radius 2 is 1.79 bits per heavy atom. The molecule has 0 fully saturated rings. The predicted octanol–water partition coefficient (Wildman–Crippen LogP) is 4.08. The van der Waals surface area contributed by atoms with Gasteiger partial charge in [0.05, 0.1) is 16.9 Å². The first-order valence-electron chi connectivity index (χ1n) is 8.90. The Kier molecular flexibility index (Phi) is 5.56. The largest absolute Gasteiger partial charge is 0.326 e. The molecule has 0 spiro atoms. The number of nitrogens with one attached hydrogen (secondary N) is 2. The Morgan fingerprint density at radius 1 is 1.11 bits per heavy atom. The van der Waals surface area contributed by atoms with Crippen LogP contribution >= 0.6 is 11.6 Å². The van der Waals surface area contributed by atoms with Gasteiger partial charge in [-0.05, 0) is 44.2 Å². The van der Waals surface area contributed by atoms with E-state index in [-0.39, 0.29) is 11.8 Å². The van der Waals surface area contributed by atoms with Gasteiger partial charge in [0.1, 0.15) is 11.4 Å². The molecule has 0 unspecified atom stereocenters. The number of carbonyl (C=O) groups is 2. The van der Waals surface area contributed by atoms with E-state index in [2.05, 4.69) is 15.7 Å². The minimum atomic E-state index is -0.337. The molecule has 0 bridgehead atoms. The van der Waals surface area contributed by atoms with Crippen molar-refractivity contribution in [3.8, 4) is 5.82 Å². The number of rotatable bonds is 5. The third-order valence-corrected chi connectivity index (χ3v) is 4.78. The second-order valence-corrected chi connectivity index (χ2v) is 6.91. The maximum absolute atomic E-state index is 13.0. The summed E-state index contributed by atoms with van der Waals surface area (Å²) in [4.78, 5) is 24.6. The van der Waals surface area contributed by atoms with E-state index in [0.29, 0.717) is 34.2 Å². The van der Waals surface area contributed by atoms with Crippen molar-refractivity contribution in [2.75, 3.05) is 10.6 Å². The molecule has 7 nitrogen and oxygen atoms in total. The van der Waals surface area contributed by atoms with Crippen LogP contribution in [0.3, 0.4) is 0 Å². The van der Waals surface area contributed by atoms with Crippen molar-refractivity contribution in [2.45, 2.75) is 27.2 Å². The monoisotopic (exact) mass is 399 g/mol. The molecular formula is C20H22ClN5O2. The first-order valence-corrected chi connectivity index (χ1v) is 9.27. The summed E-state index contributed by atoms with van der Waals surface area (Å²) in [5.74, 6) is 0.216. The van der Waals surface area contributed by atoms with Crippen molar-refractivity contribution in [1.29, 1.82) is 0 Å². The molecule has 0 radical (unpaired) electrons. The first kappa shape index (κ1) is 19.7. The van der Waals surface area contributed by atoms with Gasteiger partial charge in [0.25, 0.3) is 5.91 Å². The molecule has 3 rings (SSSR count). The van der Waals surface area contributed by atoms with E-state index in [1.165, 1.54) is 6.20 Å². The van der Waals surface area contributed by atoms with Crippen LogP contribution in [0.1, 0.15) is 35.1 Å². The van der Waals surface area contributed by atoms with Crippen molar-refractivity contribution >= 4 is 34.8 Å². The summed E-state index contributed by atoms with van der Waals surface area (Å²) in [6.07, 6.45) is 1.89. The summed E-state index contributed by atoms with van der Waals surface area (Å²) in [7, 11) is 1.79. The third kappa shape index (κ3) is 3.80. The van der Waals surface area contributed by atoms with E-state index < -0.39 is 0 Å². The predicted molar refractivity (Wildman–Crippen MR) is 110 cm³/mol. The maximum atomic E-state index is 13.0. The highest BCUT2D eigenvalue weighted by molar-refractivity contribution is 6.34. The van der Waals surface area contributed by atoms with Crippen LogP contribution < -0.4 is 10.6 Å². The van der Waals surface area contributed by atoms with Crippen LogP contribution in [-0.2, 0) is 11.8 Å². The Hall–Kier alpha value is -3.06. The van der Waals surface area contributed by atoms with Crippen molar-refractivity contribution < 1.29 is 9.59 Å². The highest BCUT2D eigenvalue weighted by atomic mass is 35.5. The lowest BCUT2D eigenvalue weighted by Crippen LogP contribution is -2.17. The average Bonchev–Trinajstić information content (AvgIpc) is 3.19. The smallest absolute Gasteiger partial charge is 0.261 e. The van der Waals surface area contributed by atoms with Gasteiger partial charge in [-0.15, -0.1) is 0 Å². The summed E-state index contributed by atoms with van der Waals surface area (Å²) in [5.41, 5.74) is 3.39. The molecule has 0 atom stereocenters. The zero-order valence-electron chi connectivity index (χ0n) is 16.2. The molecule has 2 amide bonds. The Labute approximate surface area is 168 Å². The zero-order valence-corrected chi connectivity index (χ0v) is 17.0. The van der Waals surface area contributed by atoms with Gasteiger partial charge in [0, 0.05) is 30.5 Å². The molecule has 0 aliphatic heterocycles. The topological polar surface area (TPSA) is 81.0 Å². The molecule has 0 aliphatic rings. The molecule has 0 saturated heterocycles. The summed E-state index contributed by atoms with van der Waals surface area (Å²) < 4.78 is 3.63. The molecular weight excluding hydrogens is 378 g/mol. The van der Waals surface area contributed by atoms with Crippen molar-refractivity contribution in [2.24, 2.45) is 7.05 Å². The van der Waals surface area contributed by atoms with Gasteiger partial charge in [0.2, 0.25) is 5.91 Å². The normalized spacial score (nSPS) is 10.8. The van der Waals surface area contributed by atoms with Gasteiger partial charge < -0.3 is 15.2 Å². The van der Waals surface area contributed by atoms with E-state index in [4.69, 9.17) is 11.6 Å². The lowest BCUT2D eigenvalue weighted by Gasteiger charge is -2.13. The molecule has 0 aliphatic carbocycles. The fourth-order valence-corrected chi connectivity index (χ4v) is 3.16. The average molecular weight is 400 g/mol. The highest BCUT2D eigenvalue weighted by Gasteiger charge is 2.20. The number of hydrogen-bond donors (Lipinski definition) is 2. The summed E-state index contributed by atoms with van der Waals surface area (Å²) in [5, 5.41) is 10.2. The third-order valence-electron chi connectivity index (χ3n) is 4.45. The molecule has 0 saturated carbocycles. The number of nitrogens with zero attached hydrogens (tertiary/aromatic N) is 3. The lowest BCUT2D eigenvalue weighted by molar-refractivity contribution is -0.115. The minimum absolute atomic E-state index is 0.118. The highest BCUT2D eigenvalue weighted by Crippen LogP contribution is 2.27. The van der Waals surface area contributed by atoms with E-state index >= 15 is 0 Å². The molecule has 3 aromatic rings. The summed E-state index contributed by atoms with van der Waals surface area (Å²) in [6.45, 7) is 5.71. The number of carbonyl (C=O) groups excluding carboxylic acids is 2. The van der Waals surface area contributed by atoms with Gasteiger partial charge in [0.15, 0.2) is 0 Å². The Bertz CT molecular complexity index is 1030. The summed E-state index contributed by atoms with van der Waals surface area (Å²) in [6, 6.07) is 8.93. The van der Waals surface area contributed by atoms with Crippen LogP contribution in [-0.4, -0.2) is 26.2 Å². The minimum Gasteiger partial charge on any atom is -0.326 e. The number of anilines is 2. The van der Waals surface area contributed by atoms with Crippen molar-refractivity contribution in [1.82, 2.24) is 14.3 Å². The fourth-order valence-electron chi connectivity index (χ4n) is 3.00. The molecule has 2 aromatic heterocycles. The van der Waals surface area contributed by atoms with E-state index in [9.17, 15) is 9.59 Å². The van der Waals surface area contributed by atoms with Gasteiger partial charge in [-0.1, -0.05) is 18.5 Å². The van der Waals surface area contributed by atoms with E-state index in [1.54, 1.807) is 36.9 Å². The number of amides is 2. The summed E-state index contributed by atoms with van der Waals surface area (Å²) >= 11 is 6.24. The quantitative estimate of drug-likeness (QED) is 0.678. The van der Waals surface area contributed by atoms with E-state index in [0.717, 1.165) is 11.4 Å². The van der Waals surface area contributed by atoms with Gasteiger partial charge in [-0.2, -0.15) is 5.10 Å². The molecule has 146 valence electrons. The number of halogens is 1. The molecule has 8 heteroatoms. The molecule has 1 aromatic carbocycles. The van der Waals surface area contributed by atoms with Crippen LogP contribution in [0.5, 0.6) is 0 Å². The number of hydrogen-bond acceptors (Lipinski definition) is 3. The fraction of sp³-hybridized carbons (Fsp3) is 0.250.